The first-order valence-electron chi connectivity index (χ1n) is 13.3. The minimum Gasteiger partial charge on any atom is -0.480 e. The van der Waals surface area contributed by atoms with Crippen LogP contribution in [0.25, 0.3) is 22.3 Å². The van der Waals surface area contributed by atoms with Crippen LogP contribution in [0.5, 0.6) is 5.88 Å². The van der Waals surface area contributed by atoms with Crippen LogP contribution in [0.3, 0.4) is 0 Å². The van der Waals surface area contributed by atoms with Gasteiger partial charge in [-0.15, -0.1) is 0 Å². The first-order chi connectivity index (χ1) is 23.3. The molecular formula is C26H22F8N8O7S. The molecule has 0 aliphatic carbocycles. The lowest BCUT2D eigenvalue weighted by Crippen LogP contribution is -2.44. The molecule has 0 radical (unpaired) electrons. The number of ether oxygens (including phenoxy) is 1. The van der Waals surface area contributed by atoms with Gasteiger partial charge in [0.15, 0.2) is 22.3 Å². The number of alkyl halides is 6. The molecule has 0 saturated carbocycles. The Morgan fingerprint density at radius 3 is 2.00 bits per heavy atom. The highest BCUT2D eigenvalue weighted by Crippen LogP contribution is 2.32. The molecule has 24 heteroatoms. The maximum atomic E-state index is 14.1. The van der Waals surface area contributed by atoms with Crippen molar-refractivity contribution in [1.82, 2.24) is 30.2 Å². The Hall–Kier alpha value is -5.52. The van der Waals surface area contributed by atoms with Gasteiger partial charge in [-0.25, -0.2) is 46.7 Å². The number of nitrogens with zero attached hydrogens (tertiary/aromatic N) is 6. The summed E-state index contributed by atoms with van der Waals surface area (Å²) in [6.45, 7) is 3.15. The zero-order chi connectivity index (χ0) is 37.4. The number of hydrogen-bond donors (Lipinski definition) is 4. The molecule has 15 nitrogen and oxygen atoms in total. The van der Waals surface area contributed by atoms with Crippen LogP contribution >= 0.6 is 0 Å². The van der Waals surface area contributed by atoms with E-state index in [1.54, 1.807) is 12.1 Å². The molecule has 0 atom stereocenters. The van der Waals surface area contributed by atoms with Crippen LogP contribution in [-0.2, 0) is 19.6 Å². The van der Waals surface area contributed by atoms with Gasteiger partial charge in [0.1, 0.15) is 17.5 Å². The van der Waals surface area contributed by atoms with Crippen molar-refractivity contribution in [2.24, 2.45) is 0 Å². The highest BCUT2D eigenvalue weighted by Gasteiger charge is 2.39. The first kappa shape index (κ1) is 38.9. The number of pyridine rings is 3. The molecule has 1 aliphatic rings. The molecule has 4 aromatic heterocycles. The molecule has 1 aliphatic heterocycles. The number of rotatable bonds is 6. The molecule has 1 saturated heterocycles. The van der Waals surface area contributed by atoms with Gasteiger partial charge in [0.05, 0.1) is 30.7 Å². The second-order valence-electron chi connectivity index (χ2n) is 9.42. The van der Waals surface area contributed by atoms with Gasteiger partial charge in [-0.05, 0) is 18.2 Å². The van der Waals surface area contributed by atoms with E-state index >= 15 is 0 Å². The lowest BCUT2D eigenvalue weighted by Gasteiger charge is -2.28. The van der Waals surface area contributed by atoms with Crippen LogP contribution in [0.2, 0.25) is 0 Å². The van der Waals surface area contributed by atoms with E-state index in [9.17, 15) is 43.5 Å². The number of piperazine rings is 1. The van der Waals surface area contributed by atoms with Crippen LogP contribution in [0.1, 0.15) is 0 Å². The van der Waals surface area contributed by atoms with Crippen LogP contribution in [0.4, 0.5) is 46.6 Å². The summed E-state index contributed by atoms with van der Waals surface area (Å²) in [5.41, 5.74) is 2.00. The van der Waals surface area contributed by atoms with E-state index in [1.165, 1.54) is 25.7 Å². The van der Waals surface area contributed by atoms with Crippen LogP contribution in [0.15, 0.2) is 48.0 Å². The Kier molecular flexibility index (Phi) is 12.3. The predicted octanol–water partition coefficient (Wildman–Crippen LogP) is 3.25. The SMILES string of the molecule is COc1ncc(-c2ccc3ncnc(N4CCNCC4)c3n2)cc1NS(=O)(=O)c1c(F)cncc1F.O=C(O)C(F)(F)F.O=C(O)C(F)(F)F. The summed E-state index contributed by atoms with van der Waals surface area (Å²) in [7, 11) is -3.38. The zero-order valence-corrected chi connectivity index (χ0v) is 25.7. The Bertz CT molecular complexity index is 1920. The number of sulfonamides is 1. The molecule has 5 heterocycles. The molecule has 0 unspecified atom stereocenters. The van der Waals surface area contributed by atoms with Crippen molar-refractivity contribution in [2.75, 3.05) is 42.9 Å². The fraction of sp³-hybridized carbons (Fsp3) is 0.269. The molecule has 0 amide bonds. The van der Waals surface area contributed by atoms with Crippen molar-refractivity contribution in [3.05, 3.63) is 54.8 Å². The number of fused-ring (bicyclic) bond motifs is 1. The number of aromatic nitrogens is 5. The van der Waals surface area contributed by atoms with Crippen molar-refractivity contribution in [2.45, 2.75) is 17.2 Å². The number of carboxylic acids is 2. The second kappa shape index (κ2) is 15.8. The number of carbonyl (C=O) groups is 2. The summed E-state index contributed by atoms with van der Waals surface area (Å²) < 4.78 is 125. The highest BCUT2D eigenvalue weighted by molar-refractivity contribution is 7.92. The van der Waals surface area contributed by atoms with Gasteiger partial charge in [0.2, 0.25) is 5.88 Å². The minimum absolute atomic E-state index is 0.0946. The summed E-state index contributed by atoms with van der Waals surface area (Å²) in [5, 5.41) is 17.5. The van der Waals surface area contributed by atoms with E-state index in [0.29, 0.717) is 40.5 Å². The third kappa shape index (κ3) is 10.0. The van der Waals surface area contributed by atoms with Crippen molar-refractivity contribution >= 4 is 44.5 Å². The van der Waals surface area contributed by atoms with E-state index in [0.717, 1.165) is 26.2 Å². The number of aliphatic carboxylic acids is 2. The zero-order valence-electron chi connectivity index (χ0n) is 24.9. The van der Waals surface area contributed by atoms with Crippen LogP contribution in [-0.4, -0.2) is 101 Å². The molecule has 4 N–H and O–H groups in total. The van der Waals surface area contributed by atoms with Crippen molar-refractivity contribution in [1.29, 1.82) is 0 Å². The van der Waals surface area contributed by atoms with Gasteiger partial charge in [-0.2, -0.15) is 26.3 Å². The summed E-state index contributed by atoms with van der Waals surface area (Å²) >= 11 is 0. The smallest absolute Gasteiger partial charge is 0.480 e. The number of halogens is 8. The monoisotopic (exact) mass is 742 g/mol. The predicted molar refractivity (Wildman–Crippen MR) is 155 cm³/mol. The Balaban J connectivity index is 0.000000408. The average Bonchev–Trinajstić information content (AvgIpc) is 3.04. The number of nitrogens with one attached hydrogen (secondary N) is 2. The van der Waals surface area contributed by atoms with E-state index in [2.05, 4.69) is 34.9 Å². The van der Waals surface area contributed by atoms with Crippen LogP contribution in [0, 0.1) is 11.6 Å². The van der Waals surface area contributed by atoms with Gasteiger partial charge in [0.25, 0.3) is 10.0 Å². The first-order valence-corrected chi connectivity index (χ1v) is 14.8. The molecule has 0 aromatic carbocycles. The van der Waals surface area contributed by atoms with Crippen LogP contribution < -0.4 is 19.7 Å². The number of methoxy groups -OCH3 is 1. The maximum absolute atomic E-state index is 14.1. The van der Waals surface area contributed by atoms with E-state index in [-0.39, 0.29) is 11.6 Å². The van der Waals surface area contributed by atoms with Crippen molar-refractivity contribution in [3.8, 4) is 17.1 Å². The van der Waals surface area contributed by atoms with E-state index < -0.39 is 50.8 Å². The third-order valence-electron chi connectivity index (χ3n) is 6.03. The fourth-order valence-electron chi connectivity index (χ4n) is 3.88. The van der Waals surface area contributed by atoms with Gasteiger partial charge < -0.3 is 25.2 Å². The highest BCUT2D eigenvalue weighted by atomic mass is 32.2. The van der Waals surface area contributed by atoms with Gasteiger partial charge in [-0.1, -0.05) is 0 Å². The number of carboxylic acid groups (broad SMARTS) is 2. The Labute approximate surface area is 275 Å². The second-order valence-corrected chi connectivity index (χ2v) is 11.0. The topological polar surface area (TPSA) is 210 Å². The molecule has 0 spiro atoms. The van der Waals surface area contributed by atoms with E-state index in [1.807, 2.05) is 0 Å². The van der Waals surface area contributed by atoms with Gasteiger partial charge in [0, 0.05) is 37.9 Å². The summed E-state index contributed by atoms with van der Waals surface area (Å²) in [6, 6.07) is 4.91. The quantitative estimate of drug-likeness (QED) is 0.209. The number of anilines is 2. The summed E-state index contributed by atoms with van der Waals surface area (Å²) in [5.74, 6) is -7.58. The lowest BCUT2D eigenvalue weighted by molar-refractivity contribution is -0.193. The fourth-order valence-corrected chi connectivity index (χ4v) is 5.03. The Morgan fingerprint density at radius 2 is 1.48 bits per heavy atom. The maximum Gasteiger partial charge on any atom is 0.490 e. The normalized spacial score (nSPS) is 13.3. The summed E-state index contributed by atoms with van der Waals surface area (Å²) in [4.78, 5) is 39.7. The number of hydrogen-bond acceptors (Lipinski definition) is 12. The van der Waals surface area contributed by atoms with Crippen molar-refractivity contribution < 1.29 is 68.1 Å². The third-order valence-corrected chi connectivity index (χ3v) is 7.44. The van der Waals surface area contributed by atoms with E-state index in [4.69, 9.17) is 29.5 Å². The summed E-state index contributed by atoms with van der Waals surface area (Å²) in [6.07, 6.45) is -6.01. The minimum atomic E-state index is -5.08. The average molecular weight is 743 g/mol. The molecular weight excluding hydrogens is 720 g/mol. The largest absolute Gasteiger partial charge is 0.490 e. The van der Waals surface area contributed by atoms with Crippen molar-refractivity contribution in [3.63, 3.8) is 0 Å². The molecule has 4 aromatic rings. The van der Waals surface area contributed by atoms with Gasteiger partial charge >= 0.3 is 24.3 Å². The Morgan fingerprint density at radius 1 is 0.920 bits per heavy atom. The standard InChI is InChI=1S/C22H20F2N8O3S.2C2HF3O2/c1-35-22-18(31-36(33,34)20-14(23)10-26-11-15(20)24)8-13(9-27-22)16-2-3-17-19(30-16)21(29-12-28-17)32-6-4-25-5-7-32;2*3-2(4,5)1(6)7/h2-3,8-12,25,31H,4-7H2,1H3;2*(H,6,7). The molecule has 1 fully saturated rings. The molecule has 5 rings (SSSR count). The lowest BCUT2D eigenvalue weighted by atomic mass is 10.1. The molecule has 0 bridgehead atoms. The van der Waals surface area contributed by atoms with Gasteiger partial charge in [-0.3, -0.25) is 9.71 Å². The molecule has 270 valence electrons. The molecule has 50 heavy (non-hydrogen) atoms.